The van der Waals surface area contributed by atoms with Gasteiger partial charge in [0.25, 0.3) is 5.91 Å². The Morgan fingerprint density at radius 1 is 1.23 bits per heavy atom. The Balaban J connectivity index is 1.42. The van der Waals surface area contributed by atoms with Crippen LogP contribution >= 0.6 is 0 Å². The molecule has 0 aromatic carbocycles. The van der Waals surface area contributed by atoms with E-state index in [1.807, 2.05) is 11.9 Å². The van der Waals surface area contributed by atoms with Gasteiger partial charge in [-0.2, -0.15) is 0 Å². The second-order valence-electron chi connectivity index (χ2n) is 6.94. The van der Waals surface area contributed by atoms with Crippen molar-refractivity contribution in [1.29, 1.82) is 0 Å². The van der Waals surface area contributed by atoms with Crippen LogP contribution < -0.4 is 0 Å². The molecule has 3 rings (SSSR count). The normalized spacial score (nSPS) is 22.8. The second kappa shape index (κ2) is 7.79. The second-order valence-corrected chi connectivity index (χ2v) is 9.17. The zero-order valence-electron chi connectivity index (χ0n) is 15.0. The van der Waals surface area contributed by atoms with Gasteiger partial charge in [0.1, 0.15) is 0 Å². The molecule has 3 heterocycles. The molecule has 1 atom stereocenters. The molecule has 2 saturated heterocycles. The molecule has 1 aromatic heterocycles. The fourth-order valence-corrected chi connectivity index (χ4v) is 5.26. The Bertz CT molecular complexity index is 738. The van der Waals surface area contributed by atoms with E-state index in [9.17, 15) is 18.0 Å². The van der Waals surface area contributed by atoms with Crippen LogP contribution in [-0.2, 0) is 14.6 Å². The number of piperazine rings is 1. The maximum atomic E-state index is 12.4. The molecule has 0 N–H and O–H groups in total. The number of rotatable bonds is 5. The average Bonchev–Trinajstić information content (AvgIpc) is 3.28. The van der Waals surface area contributed by atoms with E-state index < -0.39 is 9.84 Å². The van der Waals surface area contributed by atoms with Crippen molar-refractivity contribution >= 4 is 21.7 Å². The molecule has 0 aliphatic carbocycles. The summed E-state index contributed by atoms with van der Waals surface area (Å²) < 4.78 is 28.3. The molecule has 1 unspecified atom stereocenters. The quantitative estimate of drug-likeness (QED) is 0.715. The Hall–Kier alpha value is -1.87. The number of hydrogen-bond acceptors (Lipinski definition) is 6. The molecular weight excluding hydrogens is 358 g/mol. The molecule has 0 saturated carbocycles. The number of carbonyl (C=O) groups is 2. The topological polar surface area (TPSA) is 91.1 Å². The number of carbonyl (C=O) groups excluding carboxylic acids is 2. The van der Waals surface area contributed by atoms with Crippen molar-refractivity contribution < 1.29 is 22.4 Å². The van der Waals surface area contributed by atoms with Gasteiger partial charge in [0, 0.05) is 45.2 Å². The summed E-state index contributed by atoms with van der Waals surface area (Å²) in [5.74, 6) is 0.636. The lowest BCUT2D eigenvalue weighted by Crippen LogP contribution is -2.51. The number of sulfone groups is 1. The van der Waals surface area contributed by atoms with Crippen molar-refractivity contribution in [3.05, 3.63) is 24.2 Å². The Kier molecular flexibility index (Phi) is 5.67. The number of amides is 2. The Morgan fingerprint density at radius 2 is 1.92 bits per heavy atom. The van der Waals surface area contributed by atoms with Crippen LogP contribution in [0, 0.1) is 0 Å². The molecule has 8 nitrogen and oxygen atoms in total. The van der Waals surface area contributed by atoms with Crippen molar-refractivity contribution in [3.8, 4) is 0 Å². The van der Waals surface area contributed by atoms with Gasteiger partial charge in [0.15, 0.2) is 15.6 Å². The molecule has 0 bridgehead atoms. The van der Waals surface area contributed by atoms with Gasteiger partial charge in [0.2, 0.25) is 5.91 Å². The molecular formula is C17H25N3O5S. The minimum atomic E-state index is -2.91. The Labute approximate surface area is 153 Å². The van der Waals surface area contributed by atoms with E-state index in [4.69, 9.17) is 4.42 Å². The maximum absolute atomic E-state index is 12.4. The summed E-state index contributed by atoms with van der Waals surface area (Å²) >= 11 is 0. The third-order valence-corrected chi connectivity index (χ3v) is 6.91. The first-order valence-corrected chi connectivity index (χ1v) is 10.7. The van der Waals surface area contributed by atoms with Crippen LogP contribution in [0.2, 0.25) is 0 Å². The molecule has 144 valence electrons. The van der Waals surface area contributed by atoms with E-state index in [1.54, 1.807) is 21.9 Å². The minimum absolute atomic E-state index is 0.00978. The van der Waals surface area contributed by atoms with E-state index in [2.05, 4.69) is 0 Å². The molecule has 2 amide bonds. The first kappa shape index (κ1) is 18.9. The molecule has 2 aliphatic heterocycles. The van der Waals surface area contributed by atoms with Crippen LogP contribution in [0.1, 0.15) is 23.4 Å². The van der Waals surface area contributed by atoms with E-state index >= 15 is 0 Å². The third kappa shape index (κ3) is 4.45. The minimum Gasteiger partial charge on any atom is -0.459 e. The highest BCUT2D eigenvalue weighted by Gasteiger charge is 2.31. The molecule has 2 fully saturated rings. The summed E-state index contributed by atoms with van der Waals surface area (Å²) in [6, 6.07) is 3.33. The first-order valence-electron chi connectivity index (χ1n) is 8.87. The number of furan rings is 1. The van der Waals surface area contributed by atoms with Gasteiger partial charge in [-0.15, -0.1) is 0 Å². The van der Waals surface area contributed by atoms with Crippen molar-refractivity contribution in [1.82, 2.24) is 14.7 Å². The average molecular weight is 383 g/mol. The molecule has 26 heavy (non-hydrogen) atoms. The summed E-state index contributed by atoms with van der Waals surface area (Å²) in [5, 5.41) is 0. The maximum Gasteiger partial charge on any atom is 0.289 e. The lowest BCUT2D eigenvalue weighted by Gasteiger charge is -2.35. The van der Waals surface area contributed by atoms with E-state index in [0.717, 1.165) is 0 Å². The monoisotopic (exact) mass is 383 g/mol. The van der Waals surface area contributed by atoms with Gasteiger partial charge >= 0.3 is 0 Å². The fraction of sp³-hybridized carbons (Fsp3) is 0.647. The van der Waals surface area contributed by atoms with Crippen LogP contribution in [0.25, 0.3) is 0 Å². The van der Waals surface area contributed by atoms with E-state index in [0.29, 0.717) is 51.3 Å². The summed E-state index contributed by atoms with van der Waals surface area (Å²) in [5.41, 5.74) is 0. The smallest absolute Gasteiger partial charge is 0.289 e. The predicted molar refractivity (Wildman–Crippen MR) is 95.5 cm³/mol. The van der Waals surface area contributed by atoms with Crippen molar-refractivity contribution in [2.75, 3.05) is 51.3 Å². The zero-order valence-corrected chi connectivity index (χ0v) is 15.8. The van der Waals surface area contributed by atoms with Gasteiger partial charge < -0.3 is 19.1 Å². The zero-order chi connectivity index (χ0) is 18.7. The highest BCUT2D eigenvalue weighted by Crippen LogP contribution is 2.17. The lowest BCUT2D eigenvalue weighted by molar-refractivity contribution is -0.133. The standard InChI is InChI=1S/C17H25N3O5S/c1-18(14-5-12-26(23,24)13-14)6-4-16(21)19-7-9-20(10-8-19)17(22)15-3-2-11-25-15/h2-3,11,14H,4-10,12-13H2,1H3. The highest BCUT2D eigenvalue weighted by molar-refractivity contribution is 7.91. The Morgan fingerprint density at radius 3 is 2.50 bits per heavy atom. The van der Waals surface area contributed by atoms with E-state index in [1.165, 1.54) is 6.26 Å². The van der Waals surface area contributed by atoms with Crippen LogP contribution in [0.5, 0.6) is 0 Å². The van der Waals surface area contributed by atoms with Gasteiger partial charge in [-0.05, 0) is 25.6 Å². The molecule has 1 aromatic rings. The predicted octanol–water partition coefficient (Wildman–Crippen LogP) is 0.0730. The summed E-state index contributed by atoms with van der Waals surface area (Å²) in [7, 11) is -1.04. The largest absolute Gasteiger partial charge is 0.459 e. The van der Waals surface area contributed by atoms with Gasteiger partial charge in [0.05, 0.1) is 17.8 Å². The lowest BCUT2D eigenvalue weighted by atomic mass is 10.2. The van der Waals surface area contributed by atoms with Crippen LogP contribution in [0.15, 0.2) is 22.8 Å². The SMILES string of the molecule is CN(CCC(=O)N1CCN(C(=O)c2ccco2)CC1)C1CCS(=O)(=O)C1. The van der Waals surface area contributed by atoms with Crippen molar-refractivity contribution in [3.63, 3.8) is 0 Å². The molecule has 2 aliphatic rings. The third-order valence-electron chi connectivity index (χ3n) is 5.16. The first-order chi connectivity index (χ1) is 12.4. The van der Waals surface area contributed by atoms with Gasteiger partial charge in [-0.3, -0.25) is 9.59 Å². The summed E-state index contributed by atoms with van der Waals surface area (Å²) in [4.78, 5) is 30.1. The van der Waals surface area contributed by atoms with Crippen molar-refractivity contribution in [2.45, 2.75) is 18.9 Å². The number of hydrogen-bond donors (Lipinski definition) is 0. The summed E-state index contributed by atoms with van der Waals surface area (Å²) in [6.45, 7) is 2.54. The number of nitrogens with zero attached hydrogens (tertiary/aromatic N) is 3. The summed E-state index contributed by atoms with van der Waals surface area (Å²) in [6.07, 6.45) is 2.47. The van der Waals surface area contributed by atoms with Crippen LogP contribution in [0.3, 0.4) is 0 Å². The van der Waals surface area contributed by atoms with Gasteiger partial charge in [-0.1, -0.05) is 0 Å². The highest BCUT2D eigenvalue weighted by atomic mass is 32.2. The van der Waals surface area contributed by atoms with E-state index in [-0.39, 0.29) is 29.4 Å². The van der Waals surface area contributed by atoms with Gasteiger partial charge in [-0.25, -0.2) is 8.42 Å². The van der Waals surface area contributed by atoms with Crippen molar-refractivity contribution in [2.24, 2.45) is 0 Å². The molecule has 0 spiro atoms. The van der Waals surface area contributed by atoms with Crippen LogP contribution in [-0.4, -0.2) is 92.3 Å². The molecule has 9 heteroatoms. The molecule has 0 radical (unpaired) electrons. The van der Waals surface area contributed by atoms with Crippen LogP contribution in [0.4, 0.5) is 0 Å². The fourth-order valence-electron chi connectivity index (χ4n) is 3.45.